The van der Waals surface area contributed by atoms with Gasteiger partial charge in [0.1, 0.15) is 0 Å². The molecule has 0 amide bonds. The fraction of sp³-hybridized carbons (Fsp3) is 0.900. The fourth-order valence-electron chi connectivity index (χ4n) is 0.834. The van der Waals surface area contributed by atoms with Gasteiger partial charge in [0, 0.05) is 4.75 Å². The van der Waals surface area contributed by atoms with Crippen LogP contribution in [0.4, 0.5) is 0 Å². The second kappa shape index (κ2) is 8.54. The van der Waals surface area contributed by atoms with Crippen molar-refractivity contribution in [3.63, 3.8) is 0 Å². The summed E-state index contributed by atoms with van der Waals surface area (Å²) in [5.41, 5.74) is 0. The summed E-state index contributed by atoms with van der Waals surface area (Å²) < 4.78 is 0.449. The molecular weight excluding hydrogens is 159 g/mol. The third-order valence-electron chi connectivity index (χ3n) is 1.43. The van der Waals surface area contributed by atoms with E-state index in [4.69, 9.17) is 0 Å². The minimum Gasteiger partial charge on any atom is -0.343 e. The van der Waals surface area contributed by atoms with Crippen molar-refractivity contribution in [3.8, 4) is 0 Å². The first-order chi connectivity index (χ1) is 5.06. The Morgan fingerprint density at radius 3 is 2.08 bits per heavy atom. The first kappa shape index (κ1) is 15.4. The minimum absolute atomic E-state index is 0. The van der Waals surface area contributed by atoms with Crippen LogP contribution in [0.5, 0.6) is 0 Å². The number of hydrogen-bond acceptors (Lipinski definition) is 1. The summed E-state index contributed by atoms with van der Waals surface area (Å²) in [5, 5.41) is 0. The van der Waals surface area contributed by atoms with Crippen LogP contribution in [0.2, 0.25) is 0 Å². The molecule has 0 saturated heterocycles. The summed E-state index contributed by atoms with van der Waals surface area (Å²) in [6, 6.07) is 0. The molecule has 0 radical (unpaired) electrons. The van der Waals surface area contributed by atoms with Gasteiger partial charge in [-0.3, -0.25) is 0 Å². The van der Waals surface area contributed by atoms with Gasteiger partial charge >= 0.3 is 18.9 Å². The van der Waals surface area contributed by atoms with Crippen LogP contribution in [0.25, 0.3) is 0 Å². The van der Waals surface area contributed by atoms with E-state index in [2.05, 4.69) is 39.5 Å². The molecule has 12 heavy (non-hydrogen) atoms. The van der Waals surface area contributed by atoms with E-state index in [1.807, 2.05) is 0 Å². The Bertz CT molecular complexity index is 86.3. The van der Waals surface area contributed by atoms with E-state index < -0.39 is 0 Å². The Morgan fingerprint density at radius 2 is 1.67 bits per heavy atom. The van der Waals surface area contributed by atoms with E-state index in [-0.39, 0.29) is 18.9 Å². The molecule has 0 atom stereocenters. The van der Waals surface area contributed by atoms with E-state index >= 15 is 0 Å². The molecule has 2 heteroatoms. The maximum absolute atomic E-state index is 3.83. The quantitative estimate of drug-likeness (QED) is 0.344. The minimum atomic E-state index is 0. The Balaban J connectivity index is 0. The van der Waals surface area contributed by atoms with E-state index in [1.54, 1.807) is 0 Å². The van der Waals surface area contributed by atoms with E-state index in [0.717, 1.165) is 6.42 Å². The summed E-state index contributed by atoms with van der Waals surface area (Å²) in [5.74, 6) is 1.31. The Labute approximate surface area is 94.4 Å². The molecule has 0 bridgehead atoms. The average molecular weight is 180 g/mol. The van der Waals surface area contributed by atoms with Gasteiger partial charge in [0.15, 0.2) is 0 Å². The van der Waals surface area contributed by atoms with E-state index in [0.29, 0.717) is 4.75 Å². The van der Waals surface area contributed by atoms with Crippen LogP contribution in [0.15, 0.2) is 0 Å². The normalized spacial score (nSPS) is 11.0. The van der Waals surface area contributed by atoms with Gasteiger partial charge in [-0.15, -0.1) is 0 Å². The van der Waals surface area contributed by atoms with Gasteiger partial charge < -0.3 is 6.92 Å². The number of rotatable bonds is 5. The van der Waals surface area contributed by atoms with Gasteiger partial charge in [-0.05, 0) is 12.2 Å². The molecule has 0 aliphatic rings. The topological polar surface area (TPSA) is 0 Å². The summed E-state index contributed by atoms with van der Waals surface area (Å²) in [6.07, 6.45) is 5.11. The van der Waals surface area contributed by atoms with Crippen LogP contribution in [-0.4, -0.2) is 10.5 Å². The molecule has 0 aromatic rings. The van der Waals surface area contributed by atoms with Crippen LogP contribution >= 0.6 is 11.8 Å². The molecule has 0 aromatic carbocycles. The predicted molar refractivity (Wildman–Crippen MR) is 56.0 cm³/mol. The van der Waals surface area contributed by atoms with Gasteiger partial charge in [-0.2, -0.15) is 18.2 Å². The molecule has 0 unspecified atom stereocenters. The molecule has 0 nitrogen and oxygen atoms in total. The smallest absolute Gasteiger partial charge is 0.343 e. The molecule has 0 spiro atoms. The van der Waals surface area contributed by atoms with Crippen molar-refractivity contribution < 1.29 is 18.9 Å². The maximum Gasteiger partial charge on any atom is 1.00 e. The predicted octanol–water partition coefficient (Wildman–Crippen LogP) is 0.917. The van der Waals surface area contributed by atoms with Crippen molar-refractivity contribution in [1.82, 2.24) is 0 Å². The zero-order chi connectivity index (χ0) is 8.74. The fourth-order valence-corrected chi connectivity index (χ4v) is 1.79. The monoisotopic (exact) mass is 180 g/mol. The molecule has 0 N–H and O–H groups in total. The van der Waals surface area contributed by atoms with Crippen molar-refractivity contribution in [1.29, 1.82) is 0 Å². The van der Waals surface area contributed by atoms with E-state index in [1.165, 1.54) is 25.0 Å². The SMILES string of the molecule is [CH2-]CCCCCSC(C)(C)C.[Li+]. The van der Waals surface area contributed by atoms with Crippen molar-refractivity contribution in [2.45, 2.75) is 51.2 Å². The molecule has 0 heterocycles. The zero-order valence-corrected chi connectivity index (χ0v) is 9.97. The Morgan fingerprint density at radius 1 is 1.08 bits per heavy atom. The molecular formula is C10H21LiS. The molecule has 0 aromatic heterocycles. The van der Waals surface area contributed by atoms with Gasteiger partial charge in [-0.1, -0.05) is 33.6 Å². The van der Waals surface area contributed by atoms with Gasteiger partial charge in [0.2, 0.25) is 0 Å². The maximum atomic E-state index is 3.83. The Kier molecular flexibility index (Phi) is 11.0. The molecule has 0 fully saturated rings. The number of unbranched alkanes of at least 4 members (excludes halogenated alkanes) is 3. The van der Waals surface area contributed by atoms with Crippen molar-refractivity contribution in [2.24, 2.45) is 0 Å². The van der Waals surface area contributed by atoms with Gasteiger partial charge in [0.25, 0.3) is 0 Å². The number of thioether (sulfide) groups is 1. The first-order valence-electron chi connectivity index (χ1n) is 4.49. The summed E-state index contributed by atoms with van der Waals surface area (Å²) in [6.45, 7) is 10.7. The Hall–Kier alpha value is 0.947. The van der Waals surface area contributed by atoms with Gasteiger partial charge in [0.05, 0.1) is 0 Å². The average Bonchev–Trinajstić information content (AvgIpc) is 1.85. The summed E-state index contributed by atoms with van der Waals surface area (Å²) in [7, 11) is 0. The van der Waals surface area contributed by atoms with Crippen LogP contribution in [-0.2, 0) is 0 Å². The first-order valence-corrected chi connectivity index (χ1v) is 5.48. The van der Waals surface area contributed by atoms with Crippen molar-refractivity contribution in [3.05, 3.63) is 6.92 Å². The van der Waals surface area contributed by atoms with Crippen molar-refractivity contribution >= 4 is 11.8 Å². The molecule has 0 rings (SSSR count). The standard InChI is InChI=1S/C10H21S.Li/c1-5-6-7-8-9-11-10(2,3)4;/h1,5-9H2,2-4H3;/q-1;+1. The van der Waals surface area contributed by atoms with Crippen LogP contribution in [0.3, 0.4) is 0 Å². The third kappa shape index (κ3) is 13.5. The van der Waals surface area contributed by atoms with Crippen LogP contribution < -0.4 is 18.9 Å². The van der Waals surface area contributed by atoms with Crippen molar-refractivity contribution in [2.75, 3.05) is 5.75 Å². The van der Waals surface area contributed by atoms with Gasteiger partial charge in [-0.25, -0.2) is 0 Å². The second-order valence-corrected chi connectivity index (χ2v) is 5.80. The van der Waals surface area contributed by atoms with Crippen LogP contribution in [0, 0.1) is 6.92 Å². The number of hydrogen-bond donors (Lipinski definition) is 0. The summed E-state index contributed by atoms with van der Waals surface area (Å²) >= 11 is 2.06. The van der Waals surface area contributed by atoms with E-state index in [9.17, 15) is 0 Å². The third-order valence-corrected chi connectivity index (χ3v) is 2.79. The largest absolute Gasteiger partial charge is 1.00 e. The summed E-state index contributed by atoms with van der Waals surface area (Å²) in [4.78, 5) is 0. The van der Waals surface area contributed by atoms with Crippen LogP contribution in [0.1, 0.15) is 46.5 Å². The zero-order valence-electron chi connectivity index (χ0n) is 9.15. The molecule has 0 aliphatic heterocycles. The molecule has 68 valence electrons. The molecule has 0 aliphatic carbocycles. The second-order valence-electron chi connectivity index (χ2n) is 3.88. The molecule has 0 saturated carbocycles.